The van der Waals surface area contributed by atoms with Gasteiger partial charge in [0, 0.05) is 0 Å². The first kappa shape index (κ1) is 11.3. The number of halogens is 2. The van der Waals surface area contributed by atoms with E-state index in [9.17, 15) is 0 Å². The van der Waals surface area contributed by atoms with Crippen LogP contribution in [0.25, 0.3) is 0 Å². The summed E-state index contributed by atoms with van der Waals surface area (Å²) in [6, 6.07) is 5.25. The molecule has 0 saturated heterocycles. The molecule has 0 radical (unpaired) electrons. The second kappa shape index (κ2) is 5.86. The molecule has 0 unspecified atom stereocenters. The summed E-state index contributed by atoms with van der Waals surface area (Å²) in [5.41, 5.74) is 3.14. The minimum absolute atomic E-state index is 0.434. The summed E-state index contributed by atoms with van der Waals surface area (Å²) < 4.78 is 0. The Hall–Kier alpha value is -0.770. The van der Waals surface area contributed by atoms with Crippen molar-refractivity contribution in [2.75, 3.05) is 6.61 Å². The van der Waals surface area contributed by atoms with Gasteiger partial charge >= 0.3 is 0 Å². The molecule has 0 aromatic heterocycles. The summed E-state index contributed by atoms with van der Waals surface area (Å²) in [5.74, 6) is 0. The Morgan fingerprint density at radius 3 is 3.00 bits per heavy atom. The van der Waals surface area contributed by atoms with Crippen molar-refractivity contribution in [3.05, 3.63) is 28.2 Å². The van der Waals surface area contributed by atoms with Gasteiger partial charge in [0.1, 0.15) is 6.34 Å². The van der Waals surface area contributed by atoms with Crippen LogP contribution in [0.5, 0.6) is 0 Å². The van der Waals surface area contributed by atoms with Gasteiger partial charge in [-0.1, -0.05) is 29.3 Å². The van der Waals surface area contributed by atoms with Gasteiger partial charge in [-0.25, -0.2) is 4.99 Å². The lowest BCUT2D eigenvalue weighted by molar-refractivity contribution is 0.100. The minimum atomic E-state index is 0.434. The molecule has 1 aromatic rings. The number of aliphatic imine (C=N–C) groups is 1. The molecular weight excluding hydrogens is 223 g/mol. The normalized spacial score (nSPS) is 10.8. The standard InChI is InChI=1S/C9H10Cl2N2O/c1-2-14-13-6-12-8-5-3-4-7(10)9(8)11/h3-6H,2H2,1H3,(H,12,13). The molecule has 0 saturated carbocycles. The van der Waals surface area contributed by atoms with E-state index >= 15 is 0 Å². The van der Waals surface area contributed by atoms with E-state index < -0.39 is 0 Å². The molecule has 0 amide bonds. The molecule has 14 heavy (non-hydrogen) atoms. The third-order valence-corrected chi connectivity index (χ3v) is 2.22. The zero-order valence-electron chi connectivity index (χ0n) is 7.63. The maximum absolute atomic E-state index is 5.89. The highest BCUT2D eigenvalue weighted by Gasteiger charge is 2.00. The fourth-order valence-corrected chi connectivity index (χ4v) is 1.15. The zero-order chi connectivity index (χ0) is 10.4. The minimum Gasteiger partial charge on any atom is -0.276 e. The topological polar surface area (TPSA) is 33.6 Å². The molecule has 1 aromatic carbocycles. The van der Waals surface area contributed by atoms with Crippen molar-refractivity contribution in [3.63, 3.8) is 0 Å². The highest BCUT2D eigenvalue weighted by Crippen LogP contribution is 2.31. The molecule has 76 valence electrons. The van der Waals surface area contributed by atoms with E-state index in [4.69, 9.17) is 28.0 Å². The van der Waals surface area contributed by atoms with Crippen LogP contribution in [-0.4, -0.2) is 12.9 Å². The van der Waals surface area contributed by atoms with E-state index in [0.717, 1.165) is 0 Å². The van der Waals surface area contributed by atoms with Gasteiger partial charge in [-0.05, 0) is 19.1 Å². The van der Waals surface area contributed by atoms with E-state index in [-0.39, 0.29) is 0 Å². The number of rotatable bonds is 4. The van der Waals surface area contributed by atoms with Crippen molar-refractivity contribution in [2.24, 2.45) is 4.99 Å². The van der Waals surface area contributed by atoms with E-state index in [1.165, 1.54) is 6.34 Å². The van der Waals surface area contributed by atoms with Crippen LogP contribution in [0.3, 0.4) is 0 Å². The van der Waals surface area contributed by atoms with Crippen LogP contribution in [0, 0.1) is 0 Å². The molecule has 1 N–H and O–H groups in total. The molecule has 1 rings (SSSR count). The third-order valence-electron chi connectivity index (χ3n) is 1.42. The first-order valence-electron chi connectivity index (χ1n) is 4.09. The van der Waals surface area contributed by atoms with Gasteiger partial charge in [-0.2, -0.15) is 0 Å². The Balaban J connectivity index is 2.67. The maximum Gasteiger partial charge on any atom is 0.113 e. The summed E-state index contributed by atoms with van der Waals surface area (Å²) in [5, 5.41) is 0.918. The molecule has 0 fully saturated rings. The largest absolute Gasteiger partial charge is 0.276 e. The first-order valence-corrected chi connectivity index (χ1v) is 4.85. The average molecular weight is 233 g/mol. The number of nitrogens with zero attached hydrogens (tertiary/aromatic N) is 1. The summed E-state index contributed by atoms with van der Waals surface area (Å²) in [6.45, 7) is 2.43. The van der Waals surface area contributed by atoms with Crippen LogP contribution in [0.4, 0.5) is 5.69 Å². The van der Waals surface area contributed by atoms with Gasteiger partial charge in [0.05, 0.1) is 22.3 Å². The van der Waals surface area contributed by atoms with Crippen molar-refractivity contribution >= 4 is 35.2 Å². The van der Waals surface area contributed by atoms with Crippen molar-refractivity contribution in [1.82, 2.24) is 5.48 Å². The van der Waals surface area contributed by atoms with Crippen molar-refractivity contribution in [2.45, 2.75) is 6.92 Å². The first-order chi connectivity index (χ1) is 6.75. The van der Waals surface area contributed by atoms with Gasteiger partial charge in [0.2, 0.25) is 0 Å². The zero-order valence-corrected chi connectivity index (χ0v) is 9.14. The molecular formula is C9H10Cl2N2O. The second-order valence-electron chi connectivity index (χ2n) is 2.38. The van der Waals surface area contributed by atoms with Crippen LogP contribution in [-0.2, 0) is 4.84 Å². The third kappa shape index (κ3) is 3.18. The molecule has 0 aliphatic carbocycles. The molecule has 0 heterocycles. The Labute approximate surface area is 92.6 Å². The Bertz CT molecular complexity index is 329. The van der Waals surface area contributed by atoms with Crippen LogP contribution >= 0.6 is 23.2 Å². The predicted octanol–water partition coefficient (Wildman–Crippen LogP) is 3.19. The highest BCUT2D eigenvalue weighted by atomic mass is 35.5. The fraction of sp³-hybridized carbons (Fsp3) is 0.222. The summed E-state index contributed by atoms with van der Waals surface area (Å²) in [6.07, 6.45) is 1.42. The van der Waals surface area contributed by atoms with Gasteiger partial charge in [0.15, 0.2) is 0 Å². The van der Waals surface area contributed by atoms with Crippen LogP contribution in [0.15, 0.2) is 23.2 Å². The monoisotopic (exact) mass is 232 g/mol. The summed E-state index contributed by atoms with van der Waals surface area (Å²) in [7, 11) is 0. The van der Waals surface area contributed by atoms with Crippen LogP contribution in [0.1, 0.15) is 6.92 Å². The van der Waals surface area contributed by atoms with Crippen molar-refractivity contribution < 1.29 is 4.84 Å². The molecule has 0 aliphatic heterocycles. The van der Waals surface area contributed by atoms with Gasteiger partial charge in [-0.3, -0.25) is 10.3 Å². The molecule has 0 bridgehead atoms. The molecule has 0 spiro atoms. The SMILES string of the molecule is CCONC=Nc1cccc(Cl)c1Cl. The van der Waals surface area contributed by atoms with E-state index in [1.807, 2.05) is 6.92 Å². The number of hydroxylamine groups is 1. The Morgan fingerprint density at radius 1 is 1.50 bits per heavy atom. The van der Waals surface area contributed by atoms with Crippen molar-refractivity contribution in [1.29, 1.82) is 0 Å². The lowest BCUT2D eigenvalue weighted by Crippen LogP contribution is -2.10. The Kier molecular flexibility index (Phi) is 4.73. The summed E-state index contributed by atoms with van der Waals surface area (Å²) in [4.78, 5) is 8.88. The van der Waals surface area contributed by atoms with E-state index in [0.29, 0.717) is 22.3 Å². The summed E-state index contributed by atoms with van der Waals surface area (Å²) >= 11 is 11.7. The number of nitrogens with one attached hydrogen (secondary N) is 1. The quantitative estimate of drug-likeness (QED) is 0.375. The van der Waals surface area contributed by atoms with Crippen LogP contribution < -0.4 is 5.48 Å². The number of hydrogen-bond acceptors (Lipinski definition) is 2. The van der Waals surface area contributed by atoms with Gasteiger partial charge in [-0.15, -0.1) is 0 Å². The van der Waals surface area contributed by atoms with Crippen LogP contribution in [0.2, 0.25) is 10.0 Å². The second-order valence-corrected chi connectivity index (χ2v) is 3.17. The highest BCUT2D eigenvalue weighted by molar-refractivity contribution is 6.43. The lowest BCUT2D eigenvalue weighted by atomic mass is 10.3. The number of hydrogen-bond donors (Lipinski definition) is 1. The molecule has 3 nitrogen and oxygen atoms in total. The maximum atomic E-state index is 5.89. The average Bonchev–Trinajstić information content (AvgIpc) is 2.19. The molecule has 0 aliphatic rings. The predicted molar refractivity (Wildman–Crippen MR) is 59.4 cm³/mol. The Morgan fingerprint density at radius 2 is 2.29 bits per heavy atom. The number of benzene rings is 1. The van der Waals surface area contributed by atoms with E-state index in [1.54, 1.807) is 18.2 Å². The smallest absolute Gasteiger partial charge is 0.113 e. The van der Waals surface area contributed by atoms with Crippen molar-refractivity contribution in [3.8, 4) is 0 Å². The molecule has 5 heteroatoms. The van der Waals surface area contributed by atoms with E-state index in [2.05, 4.69) is 10.5 Å². The van der Waals surface area contributed by atoms with Gasteiger partial charge in [0.25, 0.3) is 0 Å². The fourth-order valence-electron chi connectivity index (χ4n) is 0.809. The van der Waals surface area contributed by atoms with Gasteiger partial charge < -0.3 is 0 Å². The lowest BCUT2D eigenvalue weighted by Gasteiger charge is -2.00. The molecule has 0 atom stereocenters.